The molecule has 2 unspecified atom stereocenters. The minimum absolute atomic E-state index is 0.0335. The number of nitrogens with zero attached hydrogens (tertiary/aromatic N) is 2. The van der Waals surface area contributed by atoms with Gasteiger partial charge < -0.3 is 10.0 Å². The third kappa shape index (κ3) is 1.61. The molecule has 0 bridgehead atoms. The molecule has 4 heteroatoms. The van der Waals surface area contributed by atoms with Crippen LogP contribution in [0.25, 0.3) is 0 Å². The smallest absolute Gasteiger partial charge is 0.236 e. The molecule has 1 saturated carbocycles. The third-order valence-electron chi connectivity index (χ3n) is 3.94. The molecule has 1 aliphatic carbocycles. The number of likely N-dealkylation sites (tertiary alicyclic amines) is 1. The van der Waals surface area contributed by atoms with Gasteiger partial charge in [0.05, 0.1) is 12.7 Å². The van der Waals surface area contributed by atoms with Crippen LogP contribution in [0, 0.1) is 22.7 Å². The average Bonchev–Trinajstić information content (AvgIpc) is 2.73. The molecule has 1 amide bonds. The molecule has 4 nitrogen and oxygen atoms in total. The number of nitriles is 1. The van der Waals surface area contributed by atoms with Gasteiger partial charge in [-0.05, 0) is 18.8 Å². The van der Waals surface area contributed by atoms with Crippen molar-refractivity contribution in [3.8, 4) is 6.07 Å². The molecular weight excluding hydrogens is 192 g/mol. The van der Waals surface area contributed by atoms with Gasteiger partial charge in [0.1, 0.15) is 6.42 Å². The quantitative estimate of drug-likeness (QED) is 0.719. The summed E-state index contributed by atoms with van der Waals surface area (Å²) in [5, 5.41) is 17.9. The Labute approximate surface area is 89.5 Å². The molecule has 2 fully saturated rings. The molecule has 0 spiro atoms. The Bertz CT molecular complexity index is 310. The second-order valence-corrected chi connectivity index (χ2v) is 4.72. The van der Waals surface area contributed by atoms with Crippen LogP contribution in [-0.4, -0.2) is 35.6 Å². The summed E-state index contributed by atoms with van der Waals surface area (Å²) >= 11 is 0. The summed E-state index contributed by atoms with van der Waals surface area (Å²) in [7, 11) is 0. The van der Waals surface area contributed by atoms with E-state index in [9.17, 15) is 9.90 Å². The zero-order valence-electron chi connectivity index (χ0n) is 8.78. The standard InChI is InChI=1S/C11H16N2O2/c12-5-3-10(15)13-6-9-2-1-4-11(9,7-13)8-14/h9,14H,1-4,6-8H2. The molecule has 1 saturated heterocycles. The van der Waals surface area contributed by atoms with Gasteiger partial charge in [-0.3, -0.25) is 4.79 Å². The largest absolute Gasteiger partial charge is 0.396 e. The van der Waals surface area contributed by atoms with E-state index in [1.54, 1.807) is 4.90 Å². The predicted octanol–water partition coefficient (Wildman–Crippen LogP) is 0.521. The van der Waals surface area contributed by atoms with Crippen molar-refractivity contribution in [2.24, 2.45) is 11.3 Å². The van der Waals surface area contributed by atoms with Gasteiger partial charge in [0.15, 0.2) is 0 Å². The summed E-state index contributed by atoms with van der Waals surface area (Å²) in [6.07, 6.45) is 3.25. The number of carbonyl (C=O) groups is 1. The fraction of sp³-hybridized carbons (Fsp3) is 0.818. The Kier molecular flexibility index (Phi) is 2.66. The maximum absolute atomic E-state index is 11.6. The highest BCUT2D eigenvalue weighted by atomic mass is 16.3. The van der Waals surface area contributed by atoms with Crippen LogP contribution in [0.4, 0.5) is 0 Å². The highest BCUT2D eigenvalue weighted by Crippen LogP contribution is 2.48. The number of aliphatic hydroxyl groups excluding tert-OH is 1. The maximum Gasteiger partial charge on any atom is 0.236 e. The molecule has 2 aliphatic rings. The zero-order chi connectivity index (χ0) is 10.9. The van der Waals surface area contributed by atoms with E-state index in [4.69, 9.17) is 5.26 Å². The van der Waals surface area contributed by atoms with Gasteiger partial charge in [-0.25, -0.2) is 0 Å². The first-order valence-corrected chi connectivity index (χ1v) is 5.47. The first-order valence-electron chi connectivity index (χ1n) is 5.47. The lowest BCUT2D eigenvalue weighted by molar-refractivity contribution is -0.129. The average molecular weight is 208 g/mol. The summed E-state index contributed by atoms with van der Waals surface area (Å²) in [4.78, 5) is 13.3. The fourth-order valence-corrected chi connectivity index (χ4v) is 3.04. The molecule has 0 aromatic carbocycles. The van der Waals surface area contributed by atoms with E-state index in [0.29, 0.717) is 12.5 Å². The van der Waals surface area contributed by atoms with Gasteiger partial charge in [0, 0.05) is 18.5 Å². The second kappa shape index (κ2) is 3.82. The molecule has 1 aliphatic heterocycles. The number of aliphatic hydroxyl groups is 1. The summed E-state index contributed by atoms with van der Waals surface area (Å²) in [5.74, 6) is 0.366. The SMILES string of the molecule is N#CCC(=O)N1CC2CCCC2(CO)C1. The van der Waals surface area contributed by atoms with E-state index in [-0.39, 0.29) is 24.3 Å². The van der Waals surface area contributed by atoms with E-state index in [0.717, 1.165) is 25.8 Å². The molecule has 1 N–H and O–H groups in total. The number of hydrogen-bond acceptors (Lipinski definition) is 3. The molecule has 15 heavy (non-hydrogen) atoms. The first-order chi connectivity index (χ1) is 7.22. The van der Waals surface area contributed by atoms with Crippen molar-refractivity contribution in [1.82, 2.24) is 4.90 Å². The van der Waals surface area contributed by atoms with Crippen molar-refractivity contribution >= 4 is 5.91 Å². The van der Waals surface area contributed by atoms with E-state index in [1.165, 1.54) is 0 Å². The van der Waals surface area contributed by atoms with Gasteiger partial charge >= 0.3 is 0 Å². The van der Waals surface area contributed by atoms with Gasteiger partial charge in [-0.15, -0.1) is 0 Å². The molecule has 82 valence electrons. The van der Waals surface area contributed by atoms with Crippen LogP contribution < -0.4 is 0 Å². The summed E-state index contributed by atoms with van der Waals surface area (Å²) < 4.78 is 0. The van der Waals surface area contributed by atoms with Crippen LogP contribution in [0.5, 0.6) is 0 Å². The number of rotatable bonds is 2. The Balaban J connectivity index is 2.05. The maximum atomic E-state index is 11.6. The minimum Gasteiger partial charge on any atom is -0.396 e. The Morgan fingerprint density at radius 3 is 3.07 bits per heavy atom. The monoisotopic (exact) mass is 208 g/mol. The zero-order valence-corrected chi connectivity index (χ0v) is 8.78. The number of hydrogen-bond donors (Lipinski definition) is 1. The van der Waals surface area contributed by atoms with Gasteiger partial charge in [0.25, 0.3) is 0 Å². The summed E-state index contributed by atoms with van der Waals surface area (Å²) in [6.45, 7) is 1.56. The Morgan fingerprint density at radius 2 is 2.47 bits per heavy atom. The lowest BCUT2D eigenvalue weighted by Crippen LogP contribution is -2.33. The van der Waals surface area contributed by atoms with Gasteiger partial charge in [0.2, 0.25) is 5.91 Å². The van der Waals surface area contributed by atoms with Crippen LogP contribution in [0.1, 0.15) is 25.7 Å². The minimum atomic E-state index is -0.0836. The van der Waals surface area contributed by atoms with Crippen molar-refractivity contribution in [2.75, 3.05) is 19.7 Å². The fourth-order valence-electron chi connectivity index (χ4n) is 3.04. The lowest BCUT2D eigenvalue weighted by Gasteiger charge is -2.25. The second-order valence-electron chi connectivity index (χ2n) is 4.72. The van der Waals surface area contributed by atoms with E-state index < -0.39 is 0 Å². The van der Waals surface area contributed by atoms with Crippen LogP contribution >= 0.6 is 0 Å². The Hall–Kier alpha value is -1.08. The third-order valence-corrected chi connectivity index (χ3v) is 3.94. The number of fused-ring (bicyclic) bond motifs is 1. The van der Waals surface area contributed by atoms with Crippen LogP contribution in [0.2, 0.25) is 0 Å². The van der Waals surface area contributed by atoms with E-state index in [1.807, 2.05) is 6.07 Å². The molecule has 2 atom stereocenters. The van der Waals surface area contributed by atoms with Gasteiger partial charge in [-0.2, -0.15) is 5.26 Å². The topological polar surface area (TPSA) is 64.3 Å². The van der Waals surface area contributed by atoms with Crippen molar-refractivity contribution in [3.05, 3.63) is 0 Å². The Morgan fingerprint density at radius 1 is 1.67 bits per heavy atom. The predicted molar refractivity (Wildman–Crippen MR) is 53.7 cm³/mol. The number of amides is 1. The van der Waals surface area contributed by atoms with Crippen LogP contribution in [0.15, 0.2) is 0 Å². The molecular formula is C11H16N2O2. The molecule has 0 radical (unpaired) electrons. The van der Waals surface area contributed by atoms with Crippen molar-refractivity contribution in [2.45, 2.75) is 25.7 Å². The van der Waals surface area contributed by atoms with Crippen molar-refractivity contribution < 1.29 is 9.90 Å². The lowest BCUT2D eigenvalue weighted by atomic mass is 9.82. The molecule has 0 aromatic heterocycles. The highest BCUT2D eigenvalue weighted by Gasteiger charge is 2.49. The van der Waals surface area contributed by atoms with E-state index >= 15 is 0 Å². The molecule has 0 aromatic rings. The highest BCUT2D eigenvalue weighted by molar-refractivity contribution is 5.78. The van der Waals surface area contributed by atoms with Crippen LogP contribution in [-0.2, 0) is 4.79 Å². The van der Waals surface area contributed by atoms with Crippen molar-refractivity contribution in [1.29, 1.82) is 5.26 Å². The van der Waals surface area contributed by atoms with Crippen molar-refractivity contribution in [3.63, 3.8) is 0 Å². The molecule has 1 heterocycles. The molecule has 2 rings (SSSR count). The summed E-state index contributed by atoms with van der Waals surface area (Å²) in [6, 6.07) is 1.89. The van der Waals surface area contributed by atoms with Crippen LogP contribution in [0.3, 0.4) is 0 Å². The number of carbonyl (C=O) groups excluding carboxylic acids is 1. The van der Waals surface area contributed by atoms with Gasteiger partial charge in [-0.1, -0.05) is 6.42 Å². The first kappa shape index (κ1) is 10.4. The summed E-state index contributed by atoms with van der Waals surface area (Å²) in [5.41, 5.74) is -0.0505. The van der Waals surface area contributed by atoms with E-state index in [2.05, 4.69) is 0 Å². The normalized spacial score (nSPS) is 33.9.